The van der Waals surface area contributed by atoms with Crippen molar-refractivity contribution >= 4 is 41.0 Å². The summed E-state index contributed by atoms with van der Waals surface area (Å²) in [5.74, 6) is 0. The molecular formula is C12H20O3Si4. The molecule has 0 aliphatic rings. The van der Waals surface area contributed by atoms with E-state index in [0.29, 0.717) is 0 Å². The van der Waals surface area contributed by atoms with Gasteiger partial charge in [-0.25, -0.2) is 0 Å². The van der Waals surface area contributed by atoms with Gasteiger partial charge in [0.05, 0.1) is 0 Å². The van der Waals surface area contributed by atoms with E-state index in [0.717, 1.165) is 21.0 Å². The van der Waals surface area contributed by atoms with Crippen molar-refractivity contribution < 1.29 is 12.3 Å². The molecule has 0 unspecified atom stereocenters. The first-order valence-corrected chi connectivity index (χ1v) is 9.98. The average Bonchev–Trinajstić information content (AvgIpc) is 2.50. The molecule has 102 valence electrons. The van der Waals surface area contributed by atoms with Crippen LogP contribution in [0.25, 0.3) is 11.1 Å². The third kappa shape index (κ3) is 7.37. The highest BCUT2D eigenvalue weighted by Gasteiger charge is 1.91. The standard InChI is InChI=1S/C12H10.H10O3Si4/c1-3-7-11(8-4-1)12-9-5-2-6-10-12;4-1-6-3-7-2-5/h1-10H;6-7H2,4-5H3. The van der Waals surface area contributed by atoms with Gasteiger partial charge in [-0.2, -0.15) is 0 Å². The van der Waals surface area contributed by atoms with Crippen LogP contribution in [0.2, 0.25) is 0 Å². The molecular weight excluding hydrogens is 304 g/mol. The van der Waals surface area contributed by atoms with Gasteiger partial charge in [-0.3, -0.25) is 0 Å². The molecule has 19 heavy (non-hydrogen) atoms. The van der Waals surface area contributed by atoms with Gasteiger partial charge in [0, 0.05) is 0 Å². The smallest absolute Gasteiger partial charge is 0.284 e. The highest BCUT2D eigenvalue weighted by molar-refractivity contribution is 6.40. The maximum Gasteiger partial charge on any atom is 0.284 e. The highest BCUT2D eigenvalue weighted by atomic mass is 28.4. The largest absolute Gasteiger partial charge is 0.449 e. The minimum atomic E-state index is -0.569. The zero-order valence-corrected chi connectivity index (χ0v) is 18.2. The quantitative estimate of drug-likeness (QED) is 0.519. The summed E-state index contributed by atoms with van der Waals surface area (Å²) < 4.78 is 14.8. The number of hydrogen-bond acceptors (Lipinski definition) is 3. The molecule has 2 rings (SSSR count). The summed E-state index contributed by atoms with van der Waals surface area (Å²) in [5, 5.41) is 0. The summed E-state index contributed by atoms with van der Waals surface area (Å²) >= 11 is 0. The number of rotatable bonds is 5. The number of hydrogen-bond donors (Lipinski definition) is 0. The molecule has 0 aromatic heterocycles. The molecule has 0 amide bonds. The van der Waals surface area contributed by atoms with Crippen molar-refractivity contribution in [3.8, 4) is 11.1 Å². The third-order valence-corrected chi connectivity index (χ3v) is 5.50. The first kappa shape index (κ1) is 16.2. The van der Waals surface area contributed by atoms with Crippen molar-refractivity contribution in [2.75, 3.05) is 0 Å². The molecule has 0 radical (unpaired) electrons. The van der Waals surface area contributed by atoms with Crippen molar-refractivity contribution in [1.29, 1.82) is 0 Å². The SMILES string of the molecule is [SiH3]O[SiH2]O[SiH2]O[SiH3].c1ccc(-c2ccccc2)cc1. The van der Waals surface area contributed by atoms with Gasteiger partial charge >= 0.3 is 0 Å². The van der Waals surface area contributed by atoms with E-state index in [1.807, 2.05) is 12.1 Å². The van der Waals surface area contributed by atoms with Crippen LogP contribution < -0.4 is 0 Å². The van der Waals surface area contributed by atoms with E-state index >= 15 is 0 Å². The van der Waals surface area contributed by atoms with Crippen LogP contribution in [0.4, 0.5) is 0 Å². The van der Waals surface area contributed by atoms with Gasteiger partial charge in [-0.05, 0) is 11.1 Å². The predicted molar refractivity (Wildman–Crippen MR) is 92.1 cm³/mol. The molecule has 7 heteroatoms. The van der Waals surface area contributed by atoms with Gasteiger partial charge in [0.2, 0.25) is 0 Å². The Balaban J connectivity index is 0.000000224. The fraction of sp³-hybridized carbons (Fsp3) is 0. The van der Waals surface area contributed by atoms with Crippen LogP contribution in [-0.4, -0.2) is 41.0 Å². The topological polar surface area (TPSA) is 27.7 Å². The summed E-state index contributed by atoms with van der Waals surface area (Å²) in [6, 6.07) is 20.8. The molecule has 0 spiro atoms. The summed E-state index contributed by atoms with van der Waals surface area (Å²) in [5.41, 5.74) is 2.55. The van der Waals surface area contributed by atoms with Gasteiger partial charge < -0.3 is 12.3 Å². The van der Waals surface area contributed by atoms with Crippen LogP contribution in [0.15, 0.2) is 60.7 Å². The van der Waals surface area contributed by atoms with Gasteiger partial charge in [0.15, 0.2) is 0 Å². The maximum absolute atomic E-state index is 5.03. The van der Waals surface area contributed by atoms with E-state index in [2.05, 4.69) is 48.5 Å². The Labute approximate surface area is 125 Å². The third-order valence-electron chi connectivity index (χ3n) is 2.28. The van der Waals surface area contributed by atoms with Gasteiger partial charge in [-0.15, -0.1) is 0 Å². The van der Waals surface area contributed by atoms with Crippen molar-refractivity contribution in [1.82, 2.24) is 0 Å². The molecule has 0 saturated carbocycles. The lowest BCUT2D eigenvalue weighted by Crippen LogP contribution is -2.08. The molecule has 3 nitrogen and oxygen atoms in total. The normalized spacial score (nSPS) is 11.2. The Morgan fingerprint density at radius 1 is 0.632 bits per heavy atom. The molecule has 0 N–H and O–H groups in total. The van der Waals surface area contributed by atoms with Crippen molar-refractivity contribution in [2.45, 2.75) is 0 Å². The first-order valence-electron chi connectivity index (χ1n) is 6.04. The van der Waals surface area contributed by atoms with E-state index in [1.54, 1.807) is 0 Å². The van der Waals surface area contributed by atoms with Crippen molar-refractivity contribution in [3.63, 3.8) is 0 Å². The molecule has 0 fully saturated rings. The molecule has 2 aromatic carbocycles. The van der Waals surface area contributed by atoms with Gasteiger partial charge in [0.25, 0.3) is 20.0 Å². The van der Waals surface area contributed by atoms with E-state index < -0.39 is 20.0 Å². The van der Waals surface area contributed by atoms with E-state index in [1.165, 1.54) is 11.1 Å². The Hall–Kier alpha value is -0.812. The van der Waals surface area contributed by atoms with Crippen LogP contribution in [0.3, 0.4) is 0 Å². The van der Waals surface area contributed by atoms with Crippen LogP contribution in [0.5, 0.6) is 0 Å². The lowest BCUT2D eigenvalue weighted by Gasteiger charge is -1.98. The zero-order chi connectivity index (χ0) is 13.8. The maximum atomic E-state index is 5.03. The molecule has 0 aliphatic carbocycles. The summed E-state index contributed by atoms with van der Waals surface area (Å²) in [6.45, 7) is 0. The zero-order valence-electron chi connectivity index (χ0n) is 11.4. The molecule has 0 aliphatic heterocycles. The molecule has 0 heterocycles. The van der Waals surface area contributed by atoms with Crippen molar-refractivity contribution in [2.24, 2.45) is 0 Å². The second-order valence-corrected chi connectivity index (χ2v) is 10.5. The molecule has 0 saturated heterocycles. The lowest BCUT2D eigenvalue weighted by atomic mass is 10.1. The Morgan fingerprint density at radius 3 is 1.32 bits per heavy atom. The highest BCUT2D eigenvalue weighted by Crippen LogP contribution is 2.17. The van der Waals surface area contributed by atoms with Crippen LogP contribution in [-0.2, 0) is 12.3 Å². The Morgan fingerprint density at radius 2 is 1.00 bits per heavy atom. The van der Waals surface area contributed by atoms with Crippen LogP contribution in [0.1, 0.15) is 0 Å². The first-order chi connectivity index (χ1) is 9.38. The molecule has 2 aromatic rings. The second kappa shape index (κ2) is 11.1. The monoisotopic (exact) mass is 324 g/mol. The fourth-order valence-electron chi connectivity index (χ4n) is 1.46. The van der Waals surface area contributed by atoms with Gasteiger partial charge in [0.1, 0.15) is 21.0 Å². The van der Waals surface area contributed by atoms with E-state index in [-0.39, 0.29) is 0 Å². The van der Waals surface area contributed by atoms with Crippen molar-refractivity contribution in [3.05, 3.63) is 60.7 Å². The summed E-state index contributed by atoms with van der Waals surface area (Å²) in [7, 11) is 0.504. The Bertz CT molecular complexity index is 386. The predicted octanol–water partition coefficient (Wildman–Crippen LogP) is -1.05. The fourth-order valence-corrected chi connectivity index (χ4v) is 6.07. The molecule has 0 atom stereocenters. The Kier molecular flexibility index (Phi) is 9.45. The average molecular weight is 325 g/mol. The van der Waals surface area contributed by atoms with Gasteiger partial charge in [-0.1, -0.05) is 60.7 Å². The second-order valence-electron chi connectivity index (χ2n) is 3.75. The number of benzene rings is 2. The van der Waals surface area contributed by atoms with Crippen LogP contribution >= 0.6 is 0 Å². The lowest BCUT2D eigenvalue weighted by molar-refractivity contribution is 0.443. The van der Waals surface area contributed by atoms with E-state index in [4.69, 9.17) is 12.3 Å². The summed E-state index contributed by atoms with van der Waals surface area (Å²) in [4.78, 5) is 0. The van der Waals surface area contributed by atoms with E-state index in [9.17, 15) is 0 Å². The minimum absolute atomic E-state index is 0.569. The minimum Gasteiger partial charge on any atom is -0.449 e. The van der Waals surface area contributed by atoms with Crippen LogP contribution in [0, 0.1) is 0 Å². The summed E-state index contributed by atoms with van der Waals surface area (Å²) in [6.07, 6.45) is 0. The molecule has 0 bridgehead atoms.